The summed E-state index contributed by atoms with van der Waals surface area (Å²) in [6, 6.07) is 6.22. The van der Waals surface area contributed by atoms with Crippen LogP contribution in [0.15, 0.2) is 18.2 Å². The Hall–Kier alpha value is -1.42. The lowest BCUT2D eigenvalue weighted by atomic mass is 9.85. The van der Waals surface area contributed by atoms with Gasteiger partial charge in [0.15, 0.2) is 11.5 Å². The molecule has 2 bridgehead atoms. The Bertz CT molecular complexity index is 438. The van der Waals surface area contributed by atoms with Crippen LogP contribution >= 0.6 is 0 Å². The molecular weight excluding hydrogens is 240 g/mol. The van der Waals surface area contributed by atoms with Crippen molar-refractivity contribution in [1.29, 1.82) is 0 Å². The number of benzene rings is 1. The summed E-state index contributed by atoms with van der Waals surface area (Å²) in [6.45, 7) is 4.58. The molecule has 2 aliphatic heterocycles. The molecule has 0 saturated carbocycles. The third-order valence-corrected chi connectivity index (χ3v) is 4.22. The third-order valence-electron chi connectivity index (χ3n) is 4.22. The Morgan fingerprint density at radius 2 is 1.74 bits per heavy atom. The van der Waals surface area contributed by atoms with Crippen molar-refractivity contribution in [3.05, 3.63) is 18.2 Å². The van der Waals surface area contributed by atoms with Crippen molar-refractivity contribution in [1.82, 2.24) is 5.32 Å². The van der Waals surface area contributed by atoms with Gasteiger partial charge in [-0.15, -0.1) is 0 Å². The molecule has 104 valence electrons. The van der Waals surface area contributed by atoms with Gasteiger partial charge in [-0.1, -0.05) is 0 Å². The number of methoxy groups -OCH3 is 2. The minimum atomic E-state index is 0.778. The first-order valence-corrected chi connectivity index (χ1v) is 6.98. The monoisotopic (exact) mass is 262 g/mol. The van der Waals surface area contributed by atoms with E-state index in [1.54, 1.807) is 14.2 Å². The Morgan fingerprint density at radius 1 is 1.05 bits per heavy atom. The summed E-state index contributed by atoms with van der Waals surface area (Å²) in [6.07, 6.45) is 1.37. The second kappa shape index (κ2) is 5.29. The van der Waals surface area contributed by atoms with Crippen LogP contribution in [0.2, 0.25) is 0 Å². The number of hydrogen-bond donors (Lipinski definition) is 1. The average molecular weight is 262 g/mol. The SMILES string of the molecule is COc1ccc(N2CC3CNCC(C3)C2)cc1OC. The van der Waals surface area contributed by atoms with Crippen molar-refractivity contribution in [2.24, 2.45) is 11.8 Å². The van der Waals surface area contributed by atoms with Gasteiger partial charge in [-0.05, 0) is 43.5 Å². The Kier molecular flexibility index (Phi) is 3.51. The molecule has 0 amide bonds. The van der Waals surface area contributed by atoms with Crippen LogP contribution in [0.3, 0.4) is 0 Å². The van der Waals surface area contributed by atoms with E-state index in [2.05, 4.69) is 22.3 Å². The van der Waals surface area contributed by atoms with Gasteiger partial charge in [0.05, 0.1) is 14.2 Å². The fourth-order valence-electron chi connectivity index (χ4n) is 3.34. The molecule has 1 aromatic carbocycles. The normalized spacial score (nSPS) is 26.1. The smallest absolute Gasteiger partial charge is 0.162 e. The van der Waals surface area contributed by atoms with E-state index in [0.717, 1.165) is 49.5 Å². The zero-order valence-electron chi connectivity index (χ0n) is 11.7. The van der Waals surface area contributed by atoms with E-state index >= 15 is 0 Å². The molecule has 0 spiro atoms. The number of piperidine rings is 2. The van der Waals surface area contributed by atoms with E-state index in [1.165, 1.54) is 12.1 Å². The maximum Gasteiger partial charge on any atom is 0.162 e. The first-order valence-electron chi connectivity index (χ1n) is 6.98. The highest BCUT2D eigenvalue weighted by atomic mass is 16.5. The van der Waals surface area contributed by atoms with E-state index in [1.807, 2.05) is 6.07 Å². The fourth-order valence-corrected chi connectivity index (χ4v) is 3.34. The molecule has 2 saturated heterocycles. The predicted octanol–water partition coefficient (Wildman–Crippen LogP) is 1.75. The number of nitrogens with one attached hydrogen (secondary N) is 1. The fraction of sp³-hybridized carbons (Fsp3) is 0.600. The van der Waals surface area contributed by atoms with Crippen LogP contribution in [0.5, 0.6) is 11.5 Å². The molecule has 0 aromatic heterocycles. The number of rotatable bonds is 3. The van der Waals surface area contributed by atoms with Gasteiger partial charge in [0.2, 0.25) is 0 Å². The Morgan fingerprint density at radius 3 is 2.37 bits per heavy atom. The van der Waals surface area contributed by atoms with E-state index in [9.17, 15) is 0 Å². The largest absolute Gasteiger partial charge is 0.493 e. The lowest BCUT2D eigenvalue weighted by Gasteiger charge is -2.42. The molecule has 0 aliphatic carbocycles. The molecule has 2 unspecified atom stereocenters. The van der Waals surface area contributed by atoms with E-state index < -0.39 is 0 Å². The van der Waals surface area contributed by atoms with Gasteiger partial charge in [0.1, 0.15) is 0 Å². The lowest BCUT2D eigenvalue weighted by molar-refractivity contribution is 0.249. The minimum Gasteiger partial charge on any atom is -0.493 e. The number of hydrogen-bond acceptors (Lipinski definition) is 4. The summed E-state index contributed by atoms with van der Waals surface area (Å²) in [4.78, 5) is 2.49. The van der Waals surface area contributed by atoms with Crippen LogP contribution in [-0.4, -0.2) is 40.4 Å². The Labute approximate surface area is 114 Å². The molecule has 2 fully saturated rings. The maximum absolute atomic E-state index is 5.40. The molecule has 19 heavy (non-hydrogen) atoms. The maximum atomic E-state index is 5.40. The summed E-state index contributed by atoms with van der Waals surface area (Å²) in [7, 11) is 3.37. The highest BCUT2D eigenvalue weighted by Crippen LogP contribution is 2.34. The highest BCUT2D eigenvalue weighted by Gasteiger charge is 2.30. The number of anilines is 1. The topological polar surface area (TPSA) is 33.7 Å². The van der Waals surface area contributed by atoms with E-state index in [0.29, 0.717) is 0 Å². The van der Waals surface area contributed by atoms with Crippen LogP contribution in [0.4, 0.5) is 5.69 Å². The summed E-state index contributed by atoms with van der Waals surface area (Å²) >= 11 is 0. The van der Waals surface area contributed by atoms with Crippen LogP contribution in [0.25, 0.3) is 0 Å². The zero-order chi connectivity index (χ0) is 13.2. The second-order valence-corrected chi connectivity index (χ2v) is 5.57. The number of ether oxygens (including phenoxy) is 2. The molecule has 4 nitrogen and oxygen atoms in total. The van der Waals surface area contributed by atoms with Crippen LogP contribution in [0, 0.1) is 11.8 Å². The van der Waals surface area contributed by atoms with Crippen molar-refractivity contribution < 1.29 is 9.47 Å². The standard InChI is InChI=1S/C15H22N2O2/c1-18-14-4-3-13(6-15(14)19-2)17-9-11-5-12(10-17)8-16-7-11/h3-4,6,11-12,16H,5,7-10H2,1-2H3. The van der Waals surface area contributed by atoms with Crippen molar-refractivity contribution in [2.75, 3.05) is 45.3 Å². The van der Waals surface area contributed by atoms with Crippen molar-refractivity contribution in [3.8, 4) is 11.5 Å². The number of fused-ring (bicyclic) bond motifs is 2. The molecule has 2 heterocycles. The highest BCUT2D eigenvalue weighted by molar-refractivity contribution is 5.56. The van der Waals surface area contributed by atoms with Gasteiger partial charge in [0, 0.05) is 24.8 Å². The average Bonchev–Trinajstić information content (AvgIpc) is 2.46. The van der Waals surface area contributed by atoms with Gasteiger partial charge in [0.25, 0.3) is 0 Å². The molecule has 1 aromatic rings. The molecule has 4 heteroatoms. The molecule has 3 rings (SSSR count). The lowest BCUT2D eigenvalue weighted by Crippen LogP contribution is -2.51. The van der Waals surface area contributed by atoms with Gasteiger partial charge in [-0.2, -0.15) is 0 Å². The van der Waals surface area contributed by atoms with Crippen LogP contribution < -0.4 is 19.7 Å². The molecule has 2 atom stereocenters. The van der Waals surface area contributed by atoms with Gasteiger partial charge in [-0.25, -0.2) is 0 Å². The summed E-state index contributed by atoms with van der Waals surface area (Å²) < 4.78 is 10.7. The quantitative estimate of drug-likeness (QED) is 0.900. The van der Waals surface area contributed by atoms with Gasteiger partial charge < -0.3 is 19.7 Å². The first-order chi connectivity index (χ1) is 9.30. The van der Waals surface area contributed by atoms with Crippen LogP contribution in [-0.2, 0) is 0 Å². The summed E-state index contributed by atoms with van der Waals surface area (Å²) in [5.74, 6) is 3.17. The molecule has 0 radical (unpaired) electrons. The Balaban J connectivity index is 1.81. The predicted molar refractivity (Wildman–Crippen MR) is 76.2 cm³/mol. The van der Waals surface area contributed by atoms with Gasteiger partial charge in [-0.3, -0.25) is 0 Å². The van der Waals surface area contributed by atoms with Gasteiger partial charge >= 0.3 is 0 Å². The zero-order valence-corrected chi connectivity index (χ0v) is 11.7. The molecular formula is C15H22N2O2. The molecule has 1 N–H and O–H groups in total. The van der Waals surface area contributed by atoms with Crippen molar-refractivity contribution >= 4 is 5.69 Å². The molecule has 2 aliphatic rings. The van der Waals surface area contributed by atoms with Crippen molar-refractivity contribution in [3.63, 3.8) is 0 Å². The summed E-state index contributed by atoms with van der Waals surface area (Å²) in [5.41, 5.74) is 1.24. The second-order valence-electron chi connectivity index (χ2n) is 5.57. The first kappa shape index (κ1) is 12.6. The summed E-state index contributed by atoms with van der Waals surface area (Å²) in [5, 5.41) is 3.53. The number of nitrogens with zero attached hydrogens (tertiary/aromatic N) is 1. The van der Waals surface area contributed by atoms with E-state index in [-0.39, 0.29) is 0 Å². The minimum absolute atomic E-state index is 0.778. The third kappa shape index (κ3) is 2.50. The van der Waals surface area contributed by atoms with Crippen molar-refractivity contribution in [2.45, 2.75) is 6.42 Å². The van der Waals surface area contributed by atoms with Crippen LogP contribution in [0.1, 0.15) is 6.42 Å². The van der Waals surface area contributed by atoms with E-state index in [4.69, 9.17) is 9.47 Å².